The predicted molar refractivity (Wildman–Crippen MR) is 82.6 cm³/mol. The highest BCUT2D eigenvalue weighted by Crippen LogP contribution is 2.26. The van der Waals surface area contributed by atoms with Crippen molar-refractivity contribution in [2.75, 3.05) is 0 Å². The molecule has 1 aromatic carbocycles. The van der Waals surface area contributed by atoms with E-state index in [1.165, 1.54) is 16.0 Å². The predicted octanol–water partition coefficient (Wildman–Crippen LogP) is 4.56. The lowest BCUT2D eigenvalue weighted by atomic mass is 10.0. The van der Waals surface area contributed by atoms with E-state index in [0.717, 1.165) is 12.1 Å². The smallest absolute Gasteiger partial charge is 0.0798 e. The fourth-order valence-electron chi connectivity index (χ4n) is 2.35. The molecule has 1 heterocycles. The van der Waals surface area contributed by atoms with Crippen LogP contribution in [0.25, 0.3) is 0 Å². The van der Waals surface area contributed by atoms with E-state index in [1.54, 1.807) is 11.3 Å². The van der Waals surface area contributed by atoms with Gasteiger partial charge in [0, 0.05) is 17.0 Å². The Labute approximate surface area is 119 Å². The van der Waals surface area contributed by atoms with Crippen molar-refractivity contribution in [3.8, 4) is 0 Å². The maximum Gasteiger partial charge on any atom is 0.0798 e. The van der Waals surface area contributed by atoms with E-state index in [2.05, 4.69) is 62.3 Å². The van der Waals surface area contributed by atoms with Crippen molar-refractivity contribution in [1.82, 2.24) is 10.3 Å². The summed E-state index contributed by atoms with van der Waals surface area (Å²) in [6.07, 6.45) is 1.09. The fraction of sp³-hybridized carbons (Fsp3) is 0.438. The monoisotopic (exact) mass is 274 g/mol. The van der Waals surface area contributed by atoms with Gasteiger partial charge in [-0.3, -0.25) is 0 Å². The minimum absolute atomic E-state index is 0.346. The molecule has 2 rings (SSSR count). The molecular formula is C16H22N2S. The quantitative estimate of drug-likeness (QED) is 0.864. The zero-order chi connectivity index (χ0) is 13.8. The van der Waals surface area contributed by atoms with Crippen molar-refractivity contribution < 1.29 is 0 Å². The zero-order valence-electron chi connectivity index (χ0n) is 12.1. The number of benzene rings is 1. The minimum atomic E-state index is 0.346. The van der Waals surface area contributed by atoms with E-state index in [9.17, 15) is 0 Å². The first-order chi connectivity index (χ1) is 9.11. The van der Waals surface area contributed by atoms with Crippen LogP contribution >= 0.6 is 11.3 Å². The number of aryl methyl sites for hydroxylation is 2. The molecule has 19 heavy (non-hydrogen) atoms. The van der Waals surface area contributed by atoms with E-state index >= 15 is 0 Å². The zero-order valence-corrected chi connectivity index (χ0v) is 12.9. The van der Waals surface area contributed by atoms with Crippen molar-refractivity contribution in [1.29, 1.82) is 0 Å². The summed E-state index contributed by atoms with van der Waals surface area (Å²) in [5.74, 6) is 0. The fourth-order valence-corrected chi connectivity index (χ4v) is 3.17. The van der Waals surface area contributed by atoms with Crippen LogP contribution in [-0.2, 0) is 0 Å². The first-order valence-electron chi connectivity index (χ1n) is 6.84. The number of thiazole rings is 1. The molecule has 0 aliphatic rings. The molecule has 0 radical (unpaired) electrons. The summed E-state index contributed by atoms with van der Waals surface area (Å²) in [5.41, 5.74) is 5.74. The molecule has 2 unspecified atom stereocenters. The molecule has 0 fully saturated rings. The number of nitrogens with one attached hydrogen (secondary N) is 1. The van der Waals surface area contributed by atoms with E-state index in [0.29, 0.717) is 12.1 Å². The minimum Gasteiger partial charge on any atom is -0.303 e. The van der Waals surface area contributed by atoms with Gasteiger partial charge in [-0.15, -0.1) is 11.3 Å². The number of nitrogens with zero attached hydrogens (tertiary/aromatic N) is 1. The molecular weight excluding hydrogens is 252 g/mol. The van der Waals surface area contributed by atoms with Gasteiger partial charge in [-0.1, -0.05) is 36.8 Å². The van der Waals surface area contributed by atoms with Crippen LogP contribution in [0.5, 0.6) is 0 Å². The van der Waals surface area contributed by atoms with Crippen molar-refractivity contribution in [2.24, 2.45) is 0 Å². The Morgan fingerprint density at radius 2 is 1.89 bits per heavy atom. The van der Waals surface area contributed by atoms with Crippen LogP contribution in [0, 0.1) is 13.8 Å². The molecule has 0 amide bonds. The Hall–Kier alpha value is -1.19. The molecule has 1 aromatic heterocycles. The van der Waals surface area contributed by atoms with Crippen LogP contribution in [0.2, 0.25) is 0 Å². The van der Waals surface area contributed by atoms with E-state index < -0.39 is 0 Å². The summed E-state index contributed by atoms with van der Waals surface area (Å²) in [6, 6.07) is 9.56. The van der Waals surface area contributed by atoms with E-state index in [4.69, 9.17) is 0 Å². The number of hydrogen-bond acceptors (Lipinski definition) is 3. The van der Waals surface area contributed by atoms with Gasteiger partial charge >= 0.3 is 0 Å². The Morgan fingerprint density at radius 3 is 2.42 bits per heavy atom. The lowest BCUT2D eigenvalue weighted by Crippen LogP contribution is -2.24. The van der Waals surface area contributed by atoms with Crippen LogP contribution in [0.1, 0.15) is 54.0 Å². The van der Waals surface area contributed by atoms with Gasteiger partial charge in [0.2, 0.25) is 0 Å². The second-order valence-electron chi connectivity index (χ2n) is 5.06. The molecule has 2 nitrogen and oxygen atoms in total. The lowest BCUT2D eigenvalue weighted by molar-refractivity contribution is 0.459. The van der Waals surface area contributed by atoms with Gasteiger partial charge in [0.25, 0.3) is 0 Å². The molecule has 0 saturated heterocycles. The average Bonchev–Trinajstić information content (AvgIpc) is 2.83. The number of hydrogen-bond donors (Lipinski definition) is 1. The van der Waals surface area contributed by atoms with Crippen LogP contribution in [0.15, 0.2) is 29.8 Å². The normalized spacial score (nSPS) is 14.3. The third-order valence-electron chi connectivity index (χ3n) is 3.52. The first kappa shape index (κ1) is 14.2. The van der Waals surface area contributed by atoms with Crippen molar-refractivity contribution in [3.63, 3.8) is 0 Å². The second-order valence-corrected chi connectivity index (χ2v) is 5.95. The van der Waals surface area contributed by atoms with Crippen molar-refractivity contribution in [3.05, 3.63) is 51.5 Å². The Balaban J connectivity index is 2.11. The summed E-state index contributed by atoms with van der Waals surface area (Å²) >= 11 is 1.73. The van der Waals surface area contributed by atoms with E-state index in [1.807, 2.05) is 5.51 Å². The van der Waals surface area contributed by atoms with Crippen LogP contribution in [0.4, 0.5) is 0 Å². The maximum absolute atomic E-state index is 4.33. The molecule has 102 valence electrons. The first-order valence-corrected chi connectivity index (χ1v) is 7.72. The standard InChI is InChI=1S/C16H22N2S/c1-5-15(14-8-6-11(2)7-9-14)18-13(4)16-12(3)17-10-19-16/h6-10,13,15,18H,5H2,1-4H3. The van der Waals surface area contributed by atoms with Crippen molar-refractivity contribution in [2.45, 2.75) is 46.2 Å². The largest absolute Gasteiger partial charge is 0.303 e. The van der Waals surface area contributed by atoms with Gasteiger partial charge in [0.05, 0.1) is 11.2 Å². The maximum atomic E-state index is 4.33. The second kappa shape index (κ2) is 6.31. The molecule has 0 spiro atoms. The Kier molecular flexibility index (Phi) is 4.72. The molecule has 0 saturated carbocycles. The van der Waals surface area contributed by atoms with Gasteiger partial charge in [-0.05, 0) is 32.8 Å². The summed E-state index contributed by atoms with van der Waals surface area (Å²) in [5, 5.41) is 3.72. The van der Waals surface area contributed by atoms with Crippen LogP contribution < -0.4 is 5.32 Å². The van der Waals surface area contributed by atoms with Crippen molar-refractivity contribution >= 4 is 11.3 Å². The van der Waals surface area contributed by atoms with E-state index in [-0.39, 0.29) is 0 Å². The number of rotatable bonds is 5. The summed E-state index contributed by atoms with van der Waals surface area (Å²) in [6.45, 7) is 8.65. The van der Waals surface area contributed by atoms with Crippen LogP contribution in [0.3, 0.4) is 0 Å². The Bertz CT molecular complexity index is 516. The van der Waals surface area contributed by atoms with Gasteiger partial charge in [-0.25, -0.2) is 4.98 Å². The molecule has 3 heteroatoms. The molecule has 0 bridgehead atoms. The molecule has 2 aromatic rings. The molecule has 0 aliphatic carbocycles. The van der Waals surface area contributed by atoms with Gasteiger partial charge < -0.3 is 5.32 Å². The summed E-state index contributed by atoms with van der Waals surface area (Å²) < 4.78 is 0. The van der Waals surface area contributed by atoms with Gasteiger partial charge in [0.1, 0.15) is 0 Å². The topological polar surface area (TPSA) is 24.9 Å². The molecule has 0 aliphatic heterocycles. The summed E-state index contributed by atoms with van der Waals surface area (Å²) in [7, 11) is 0. The highest BCUT2D eigenvalue weighted by molar-refractivity contribution is 7.09. The average molecular weight is 274 g/mol. The lowest BCUT2D eigenvalue weighted by Gasteiger charge is -2.22. The highest BCUT2D eigenvalue weighted by Gasteiger charge is 2.16. The third kappa shape index (κ3) is 3.43. The SMILES string of the molecule is CCC(NC(C)c1scnc1C)c1ccc(C)cc1. The summed E-state index contributed by atoms with van der Waals surface area (Å²) in [4.78, 5) is 5.67. The van der Waals surface area contributed by atoms with Gasteiger partial charge in [0.15, 0.2) is 0 Å². The van der Waals surface area contributed by atoms with Gasteiger partial charge in [-0.2, -0.15) is 0 Å². The molecule has 1 N–H and O–H groups in total. The molecule has 2 atom stereocenters. The number of aromatic nitrogens is 1. The van der Waals surface area contributed by atoms with Crippen LogP contribution in [-0.4, -0.2) is 4.98 Å². The third-order valence-corrected chi connectivity index (χ3v) is 4.63. The Morgan fingerprint density at radius 1 is 1.21 bits per heavy atom. The highest BCUT2D eigenvalue weighted by atomic mass is 32.1.